The molecule has 0 unspecified atom stereocenters. The highest BCUT2D eigenvalue weighted by Gasteiger charge is 2.05. The molecule has 0 amide bonds. The molecular formula is C12H17N5. The summed E-state index contributed by atoms with van der Waals surface area (Å²) in [6, 6.07) is 3.76. The summed E-state index contributed by atoms with van der Waals surface area (Å²) in [5.41, 5.74) is 9.63. The normalized spacial score (nSPS) is 10.5. The van der Waals surface area contributed by atoms with E-state index in [1.54, 1.807) is 4.68 Å². The van der Waals surface area contributed by atoms with Gasteiger partial charge in [-0.2, -0.15) is 5.10 Å². The van der Waals surface area contributed by atoms with Gasteiger partial charge in [0.1, 0.15) is 5.82 Å². The van der Waals surface area contributed by atoms with Crippen LogP contribution in [-0.4, -0.2) is 14.8 Å². The maximum absolute atomic E-state index is 5.85. The zero-order valence-corrected chi connectivity index (χ0v) is 10.4. The average molecular weight is 231 g/mol. The maximum atomic E-state index is 5.85. The van der Waals surface area contributed by atoms with Gasteiger partial charge in [-0.05, 0) is 26.0 Å². The van der Waals surface area contributed by atoms with Crippen LogP contribution in [0.2, 0.25) is 0 Å². The number of hydrogen-bond donors (Lipinski definition) is 2. The van der Waals surface area contributed by atoms with Crippen LogP contribution in [0.15, 0.2) is 18.3 Å². The number of hydrogen-bond acceptors (Lipinski definition) is 4. The van der Waals surface area contributed by atoms with Crippen molar-refractivity contribution in [3.05, 3.63) is 35.3 Å². The predicted molar refractivity (Wildman–Crippen MR) is 68.7 cm³/mol. The second-order valence-electron chi connectivity index (χ2n) is 4.16. The second-order valence-corrected chi connectivity index (χ2v) is 4.16. The summed E-state index contributed by atoms with van der Waals surface area (Å²) in [5, 5.41) is 7.52. The van der Waals surface area contributed by atoms with Gasteiger partial charge in [0.05, 0.1) is 11.4 Å². The van der Waals surface area contributed by atoms with Crippen molar-refractivity contribution in [3.63, 3.8) is 0 Å². The lowest BCUT2D eigenvalue weighted by atomic mass is 10.2. The van der Waals surface area contributed by atoms with Crippen LogP contribution in [0, 0.1) is 13.8 Å². The quantitative estimate of drug-likeness (QED) is 0.842. The van der Waals surface area contributed by atoms with E-state index in [-0.39, 0.29) is 0 Å². The Kier molecular flexibility index (Phi) is 2.99. The van der Waals surface area contributed by atoms with Crippen molar-refractivity contribution < 1.29 is 0 Å². The summed E-state index contributed by atoms with van der Waals surface area (Å²) >= 11 is 0. The van der Waals surface area contributed by atoms with Crippen LogP contribution in [0.5, 0.6) is 0 Å². The number of nitrogens with zero attached hydrogens (tertiary/aromatic N) is 3. The molecule has 0 atom stereocenters. The molecule has 2 aromatic rings. The first kappa shape index (κ1) is 11.4. The third-order valence-corrected chi connectivity index (χ3v) is 2.63. The summed E-state index contributed by atoms with van der Waals surface area (Å²) in [4.78, 5) is 4.36. The number of aromatic nitrogens is 3. The first-order valence-corrected chi connectivity index (χ1v) is 5.52. The topological polar surface area (TPSA) is 68.8 Å². The van der Waals surface area contributed by atoms with Gasteiger partial charge >= 0.3 is 0 Å². The third-order valence-electron chi connectivity index (χ3n) is 2.63. The van der Waals surface area contributed by atoms with E-state index < -0.39 is 0 Å². The van der Waals surface area contributed by atoms with Gasteiger partial charge in [-0.25, -0.2) is 4.98 Å². The van der Waals surface area contributed by atoms with Crippen LogP contribution in [0.4, 0.5) is 11.5 Å². The van der Waals surface area contributed by atoms with E-state index in [2.05, 4.69) is 15.4 Å². The number of anilines is 2. The van der Waals surface area contributed by atoms with Crippen LogP contribution in [0.1, 0.15) is 17.0 Å². The Bertz CT molecular complexity index is 530. The molecule has 0 saturated heterocycles. The average Bonchev–Trinajstić information content (AvgIpc) is 2.59. The van der Waals surface area contributed by atoms with Crippen LogP contribution in [0.3, 0.4) is 0 Å². The van der Waals surface area contributed by atoms with E-state index in [9.17, 15) is 0 Å². The molecule has 3 N–H and O–H groups in total. The summed E-state index contributed by atoms with van der Waals surface area (Å²) < 4.78 is 1.80. The van der Waals surface area contributed by atoms with Gasteiger partial charge in [0.15, 0.2) is 0 Å². The number of aryl methyl sites for hydroxylation is 3. The molecule has 2 heterocycles. The van der Waals surface area contributed by atoms with Crippen LogP contribution >= 0.6 is 0 Å². The number of nitrogens with two attached hydrogens (primary N) is 1. The number of pyridine rings is 1. The molecule has 0 aliphatic carbocycles. The molecule has 0 aliphatic heterocycles. The molecule has 0 aliphatic rings. The Morgan fingerprint density at radius 3 is 2.76 bits per heavy atom. The largest absolute Gasteiger partial charge is 0.396 e. The van der Waals surface area contributed by atoms with E-state index in [4.69, 9.17) is 5.73 Å². The van der Waals surface area contributed by atoms with Crippen molar-refractivity contribution in [1.29, 1.82) is 0 Å². The van der Waals surface area contributed by atoms with Crippen molar-refractivity contribution in [3.8, 4) is 0 Å². The predicted octanol–water partition coefficient (Wildman–Crippen LogP) is 1.63. The number of nitrogens with one attached hydrogen (secondary N) is 1. The minimum atomic E-state index is 0.664. The van der Waals surface area contributed by atoms with E-state index in [0.29, 0.717) is 12.2 Å². The van der Waals surface area contributed by atoms with Gasteiger partial charge in [-0.3, -0.25) is 4.68 Å². The van der Waals surface area contributed by atoms with Gasteiger partial charge in [-0.15, -0.1) is 0 Å². The van der Waals surface area contributed by atoms with Crippen LogP contribution in [0.25, 0.3) is 0 Å². The lowest BCUT2D eigenvalue weighted by Gasteiger charge is -2.08. The summed E-state index contributed by atoms with van der Waals surface area (Å²) in [5.74, 6) is 0.730. The summed E-state index contributed by atoms with van der Waals surface area (Å²) in [6.07, 6.45) is 1.99. The first-order valence-electron chi connectivity index (χ1n) is 5.52. The van der Waals surface area contributed by atoms with E-state index >= 15 is 0 Å². The zero-order valence-electron chi connectivity index (χ0n) is 10.4. The molecule has 0 aromatic carbocycles. The zero-order chi connectivity index (χ0) is 12.4. The molecule has 0 fully saturated rings. The summed E-state index contributed by atoms with van der Waals surface area (Å²) in [6.45, 7) is 4.62. The minimum Gasteiger partial charge on any atom is -0.396 e. The highest BCUT2D eigenvalue weighted by molar-refractivity contribution is 5.61. The van der Waals surface area contributed by atoms with Gasteiger partial charge in [0.25, 0.3) is 0 Å². The van der Waals surface area contributed by atoms with E-state index in [0.717, 1.165) is 22.8 Å². The molecule has 0 spiro atoms. The smallest absolute Gasteiger partial charge is 0.149 e. The SMILES string of the molecule is Cc1ccc(N)c(NCc2cn(C)nc2C)n1. The van der Waals surface area contributed by atoms with Crippen LogP contribution in [-0.2, 0) is 13.6 Å². The fraction of sp³-hybridized carbons (Fsp3) is 0.333. The Hall–Kier alpha value is -2.04. The van der Waals surface area contributed by atoms with E-state index in [1.165, 1.54) is 0 Å². The van der Waals surface area contributed by atoms with Crippen molar-refractivity contribution >= 4 is 11.5 Å². The summed E-state index contributed by atoms with van der Waals surface area (Å²) in [7, 11) is 1.91. The molecule has 2 aromatic heterocycles. The minimum absolute atomic E-state index is 0.664. The Balaban J connectivity index is 2.12. The lowest BCUT2D eigenvalue weighted by molar-refractivity contribution is 0.756. The van der Waals surface area contributed by atoms with Gasteiger partial charge in [0, 0.05) is 31.0 Å². The van der Waals surface area contributed by atoms with Gasteiger partial charge < -0.3 is 11.1 Å². The molecular weight excluding hydrogens is 214 g/mol. The van der Waals surface area contributed by atoms with Crippen molar-refractivity contribution in [2.24, 2.45) is 7.05 Å². The molecule has 0 saturated carbocycles. The third kappa shape index (κ3) is 2.55. The molecule has 5 heteroatoms. The Morgan fingerprint density at radius 2 is 2.12 bits per heavy atom. The fourth-order valence-electron chi connectivity index (χ4n) is 1.71. The highest BCUT2D eigenvalue weighted by Crippen LogP contribution is 2.16. The number of rotatable bonds is 3. The maximum Gasteiger partial charge on any atom is 0.149 e. The van der Waals surface area contributed by atoms with Gasteiger partial charge in [-0.1, -0.05) is 0 Å². The van der Waals surface area contributed by atoms with Gasteiger partial charge in [0.2, 0.25) is 0 Å². The molecule has 0 bridgehead atoms. The Morgan fingerprint density at radius 1 is 1.35 bits per heavy atom. The van der Waals surface area contributed by atoms with Crippen molar-refractivity contribution in [2.75, 3.05) is 11.1 Å². The van der Waals surface area contributed by atoms with Crippen LogP contribution < -0.4 is 11.1 Å². The second kappa shape index (κ2) is 4.45. The fourth-order valence-corrected chi connectivity index (χ4v) is 1.71. The standard InChI is InChI=1S/C12H17N5/c1-8-4-5-11(13)12(15-8)14-6-10-7-17(3)16-9(10)2/h4-5,7H,6,13H2,1-3H3,(H,14,15). The van der Waals surface area contributed by atoms with Crippen molar-refractivity contribution in [1.82, 2.24) is 14.8 Å². The molecule has 90 valence electrons. The highest BCUT2D eigenvalue weighted by atomic mass is 15.3. The monoisotopic (exact) mass is 231 g/mol. The molecule has 0 radical (unpaired) electrons. The molecule has 17 heavy (non-hydrogen) atoms. The van der Waals surface area contributed by atoms with Crippen molar-refractivity contribution in [2.45, 2.75) is 20.4 Å². The number of nitrogen functional groups attached to an aromatic ring is 1. The molecule has 5 nitrogen and oxygen atoms in total. The lowest BCUT2D eigenvalue weighted by Crippen LogP contribution is -2.05. The molecule has 2 rings (SSSR count). The van der Waals surface area contributed by atoms with E-state index in [1.807, 2.05) is 39.2 Å². The Labute approximate surface area is 101 Å². The first-order chi connectivity index (χ1) is 8.06.